The fraction of sp³-hybridized carbons (Fsp3) is 0.391. The third kappa shape index (κ3) is 5.50. The summed E-state index contributed by atoms with van der Waals surface area (Å²) >= 11 is 0. The van der Waals surface area contributed by atoms with Crippen molar-refractivity contribution in [3.05, 3.63) is 54.1 Å². The lowest BCUT2D eigenvalue weighted by Crippen LogP contribution is -2.34. The summed E-state index contributed by atoms with van der Waals surface area (Å²) in [5, 5.41) is 2.96. The quantitative estimate of drug-likeness (QED) is 0.744. The molecule has 1 saturated heterocycles. The smallest absolute Gasteiger partial charge is 0.227 e. The molecule has 1 aliphatic heterocycles. The molecule has 3 rings (SSSR count). The van der Waals surface area contributed by atoms with Crippen molar-refractivity contribution in [2.45, 2.75) is 32.8 Å². The average molecular weight is 396 g/mol. The van der Waals surface area contributed by atoms with Gasteiger partial charge in [-0.05, 0) is 62.2 Å². The number of ether oxygens (including phenoxy) is 2. The minimum atomic E-state index is -0.329. The fourth-order valence-electron chi connectivity index (χ4n) is 3.38. The second kappa shape index (κ2) is 9.45. The van der Waals surface area contributed by atoms with Crippen LogP contribution >= 0.6 is 0 Å². The highest BCUT2D eigenvalue weighted by Gasteiger charge is 2.34. The highest BCUT2D eigenvalue weighted by molar-refractivity contribution is 6.00. The Hall–Kier alpha value is -3.02. The summed E-state index contributed by atoms with van der Waals surface area (Å²) < 4.78 is 10.8. The highest BCUT2D eigenvalue weighted by atomic mass is 16.5. The van der Waals surface area contributed by atoms with E-state index in [0.717, 1.165) is 29.2 Å². The van der Waals surface area contributed by atoms with E-state index in [0.29, 0.717) is 13.1 Å². The number of methoxy groups -OCH3 is 1. The van der Waals surface area contributed by atoms with E-state index in [1.807, 2.05) is 62.4 Å². The van der Waals surface area contributed by atoms with E-state index in [9.17, 15) is 9.59 Å². The largest absolute Gasteiger partial charge is 0.497 e. The normalized spacial score (nSPS) is 16.2. The Morgan fingerprint density at radius 2 is 1.76 bits per heavy atom. The molecule has 0 radical (unpaired) electrons. The number of hydrogen-bond acceptors (Lipinski definition) is 4. The Labute approximate surface area is 171 Å². The lowest BCUT2D eigenvalue weighted by molar-refractivity contribution is -0.126. The zero-order valence-corrected chi connectivity index (χ0v) is 17.2. The molecule has 29 heavy (non-hydrogen) atoms. The third-order valence-electron chi connectivity index (χ3n) is 4.89. The number of rotatable bonds is 8. The van der Waals surface area contributed by atoms with Crippen LogP contribution in [0.3, 0.4) is 0 Å². The fourth-order valence-corrected chi connectivity index (χ4v) is 3.38. The minimum Gasteiger partial charge on any atom is -0.497 e. The van der Waals surface area contributed by atoms with Crippen LogP contribution in [0.1, 0.15) is 25.8 Å². The van der Waals surface area contributed by atoms with E-state index in [4.69, 9.17) is 9.47 Å². The number of carbonyl (C=O) groups excluding carboxylic acids is 2. The molecule has 2 aromatic carbocycles. The minimum absolute atomic E-state index is 0.0298. The molecule has 1 heterocycles. The van der Waals surface area contributed by atoms with E-state index in [2.05, 4.69) is 5.32 Å². The lowest BCUT2D eigenvalue weighted by Gasteiger charge is -2.18. The summed E-state index contributed by atoms with van der Waals surface area (Å²) in [6.45, 7) is 4.88. The Morgan fingerprint density at radius 1 is 1.10 bits per heavy atom. The van der Waals surface area contributed by atoms with Crippen LogP contribution < -0.4 is 19.7 Å². The Bertz CT molecular complexity index is 831. The molecule has 0 bridgehead atoms. The SMILES string of the molecule is COc1ccc(CCNC(=O)C2CC(=O)N(c3ccc(OC(C)C)cc3)C2)cc1. The lowest BCUT2D eigenvalue weighted by atomic mass is 10.1. The molecule has 2 amide bonds. The molecule has 0 saturated carbocycles. The van der Waals surface area contributed by atoms with Crippen LogP contribution in [0.2, 0.25) is 0 Å². The van der Waals surface area contributed by atoms with E-state index in [-0.39, 0.29) is 30.3 Å². The van der Waals surface area contributed by atoms with Gasteiger partial charge in [0.2, 0.25) is 11.8 Å². The standard InChI is InChI=1S/C23H28N2O4/c1-16(2)29-21-10-6-19(7-11-21)25-15-18(14-22(25)26)23(27)24-13-12-17-4-8-20(28-3)9-5-17/h4-11,16,18H,12-15H2,1-3H3,(H,24,27). The van der Waals surface area contributed by atoms with Crippen LogP contribution in [0.5, 0.6) is 11.5 Å². The Kier molecular flexibility index (Phi) is 6.75. The summed E-state index contributed by atoms with van der Waals surface area (Å²) in [5.74, 6) is 1.14. The molecular formula is C23H28N2O4. The number of benzene rings is 2. The molecule has 1 unspecified atom stereocenters. The van der Waals surface area contributed by atoms with Crippen LogP contribution in [-0.2, 0) is 16.0 Å². The molecule has 154 valence electrons. The van der Waals surface area contributed by atoms with Crippen molar-refractivity contribution in [3.8, 4) is 11.5 Å². The number of amides is 2. The van der Waals surface area contributed by atoms with E-state index >= 15 is 0 Å². The second-order valence-electron chi connectivity index (χ2n) is 7.46. The van der Waals surface area contributed by atoms with Crippen molar-refractivity contribution >= 4 is 17.5 Å². The number of nitrogens with one attached hydrogen (secondary N) is 1. The first-order valence-corrected chi connectivity index (χ1v) is 9.94. The van der Waals surface area contributed by atoms with E-state index in [1.54, 1.807) is 12.0 Å². The first-order chi connectivity index (χ1) is 14.0. The van der Waals surface area contributed by atoms with Gasteiger partial charge in [0, 0.05) is 25.2 Å². The zero-order chi connectivity index (χ0) is 20.8. The number of anilines is 1. The summed E-state index contributed by atoms with van der Waals surface area (Å²) in [5.41, 5.74) is 1.92. The van der Waals surface area contributed by atoms with Gasteiger partial charge in [-0.3, -0.25) is 9.59 Å². The molecule has 0 spiro atoms. The van der Waals surface area contributed by atoms with E-state index in [1.165, 1.54) is 0 Å². The van der Waals surface area contributed by atoms with Crippen molar-refractivity contribution in [3.63, 3.8) is 0 Å². The van der Waals surface area contributed by atoms with Gasteiger partial charge in [-0.15, -0.1) is 0 Å². The van der Waals surface area contributed by atoms with Crippen LogP contribution in [0.4, 0.5) is 5.69 Å². The monoisotopic (exact) mass is 396 g/mol. The molecule has 6 nitrogen and oxygen atoms in total. The van der Waals surface area contributed by atoms with Gasteiger partial charge >= 0.3 is 0 Å². The summed E-state index contributed by atoms with van der Waals surface area (Å²) in [7, 11) is 1.63. The average Bonchev–Trinajstić information content (AvgIpc) is 3.10. The topological polar surface area (TPSA) is 67.9 Å². The summed E-state index contributed by atoms with van der Waals surface area (Å²) in [4.78, 5) is 26.6. The van der Waals surface area contributed by atoms with Gasteiger partial charge in [0.1, 0.15) is 11.5 Å². The molecule has 1 N–H and O–H groups in total. The zero-order valence-electron chi connectivity index (χ0n) is 17.2. The number of hydrogen-bond donors (Lipinski definition) is 1. The maximum Gasteiger partial charge on any atom is 0.227 e. The van der Waals surface area contributed by atoms with Crippen molar-refractivity contribution in [2.75, 3.05) is 25.1 Å². The number of nitrogens with zero attached hydrogens (tertiary/aromatic N) is 1. The van der Waals surface area contributed by atoms with Crippen LogP contribution in [0.15, 0.2) is 48.5 Å². The van der Waals surface area contributed by atoms with E-state index < -0.39 is 0 Å². The molecule has 0 aliphatic carbocycles. The maximum atomic E-state index is 12.5. The maximum absolute atomic E-state index is 12.5. The predicted molar refractivity (Wildman–Crippen MR) is 112 cm³/mol. The number of carbonyl (C=O) groups is 2. The summed E-state index contributed by atoms with van der Waals surface area (Å²) in [6.07, 6.45) is 1.07. The van der Waals surface area contributed by atoms with Gasteiger partial charge in [0.05, 0.1) is 19.1 Å². The highest BCUT2D eigenvalue weighted by Crippen LogP contribution is 2.27. The molecule has 1 fully saturated rings. The Morgan fingerprint density at radius 3 is 2.38 bits per heavy atom. The van der Waals surface area contributed by atoms with Gasteiger partial charge < -0.3 is 19.7 Å². The van der Waals surface area contributed by atoms with Gasteiger partial charge in [0.15, 0.2) is 0 Å². The first kappa shape index (κ1) is 20.7. The van der Waals surface area contributed by atoms with Crippen molar-refractivity contribution < 1.29 is 19.1 Å². The van der Waals surface area contributed by atoms with Crippen LogP contribution in [0.25, 0.3) is 0 Å². The molecule has 2 aromatic rings. The van der Waals surface area contributed by atoms with Crippen molar-refractivity contribution in [1.29, 1.82) is 0 Å². The summed E-state index contributed by atoms with van der Waals surface area (Å²) in [6, 6.07) is 15.2. The van der Waals surface area contributed by atoms with Crippen molar-refractivity contribution in [2.24, 2.45) is 5.92 Å². The van der Waals surface area contributed by atoms with Crippen LogP contribution in [0, 0.1) is 5.92 Å². The molecule has 0 aromatic heterocycles. The van der Waals surface area contributed by atoms with Gasteiger partial charge in [-0.25, -0.2) is 0 Å². The van der Waals surface area contributed by atoms with Gasteiger partial charge in [-0.1, -0.05) is 12.1 Å². The molecule has 1 atom stereocenters. The van der Waals surface area contributed by atoms with Gasteiger partial charge in [0.25, 0.3) is 0 Å². The molecule has 6 heteroatoms. The predicted octanol–water partition coefficient (Wildman–Crippen LogP) is 3.19. The van der Waals surface area contributed by atoms with Crippen LogP contribution in [-0.4, -0.2) is 38.1 Å². The molecular weight excluding hydrogens is 368 g/mol. The van der Waals surface area contributed by atoms with Crippen molar-refractivity contribution in [1.82, 2.24) is 5.32 Å². The first-order valence-electron chi connectivity index (χ1n) is 9.94. The molecule has 1 aliphatic rings. The second-order valence-corrected chi connectivity index (χ2v) is 7.46. The van der Waals surface area contributed by atoms with Gasteiger partial charge in [-0.2, -0.15) is 0 Å². The third-order valence-corrected chi connectivity index (χ3v) is 4.89. The Balaban J connectivity index is 1.50.